The van der Waals surface area contributed by atoms with Gasteiger partial charge in [-0.2, -0.15) is 0 Å². The van der Waals surface area contributed by atoms with Gasteiger partial charge in [-0.3, -0.25) is 9.69 Å². The first-order valence-electron chi connectivity index (χ1n) is 7.27. The molecule has 0 saturated carbocycles. The highest BCUT2D eigenvalue weighted by atomic mass is 16.6. The number of piperazine rings is 1. The Bertz CT molecular complexity index is 570. The van der Waals surface area contributed by atoms with Crippen molar-refractivity contribution in [3.63, 3.8) is 0 Å². The van der Waals surface area contributed by atoms with Crippen molar-refractivity contribution in [2.45, 2.75) is 32.2 Å². The molecule has 1 atom stereocenters. The van der Waals surface area contributed by atoms with Crippen molar-refractivity contribution >= 4 is 12.0 Å². The second-order valence-electron chi connectivity index (χ2n) is 5.75. The zero-order valence-electron chi connectivity index (χ0n) is 12.4. The lowest BCUT2D eigenvalue weighted by Gasteiger charge is -2.44. The maximum Gasteiger partial charge on any atom is 0.410 e. The van der Waals surface area contributed by atoms with Gasteiger partial charge < -0.3 is 14.6 Å². The Balaban J connectivity index is 1.71. The number of amides is 2. The van der Waals surface area contributed by atoms with Crippen LogP contribution in [0, 0.1) is 6.92 Å². The number of ether oxygens (including phenoxy) is 1. The zero-order chi connectivity index (χ0) is 15.0. The zero-order valence-corrected chi connectivity index (χ0v) is 12.4. The van der Waals surface area contributed by atoms with Gasteiger partial charge in [-0.05, 0) is 13.3 Å². The quantitative estimate of drug-likeness (QED) is 0.889. The first-order chi connectivity index (χ1) is 10.1. The Labute approximate surface area is 123 Å². The van der Waals surface area contributed by atoms with Crippen LogP contribution in [0.3, 0.4) is 0 Å². The maximum atomic E-state index is 12.5. The summed E-state index contributed by atoms with van der Waals surface area (Å²) in [5, 5.41) is 0. The molecular weight excluding hydrogens is 272 g/mol. The van der Waals surface area contributed by atoms with E-state index in [9.17, 15) is 9.59 Å². The van der Waals surface area contributed by atoms with Gasteiger partial charge >= 0.3 is 6.09 Å². The minimum absolute atomic E-state index is 0.0528. The fraction of sp³-hybridized carbons (Fsp3) is 0.643. The van der Waals surface area contributed by atoms with Crippen LogP contribution in [0.15, 0.2) is 6.33 Å². The van der Waals surface area contributed by atoms with Crippen LogP contribution in [-0.2, 0) is 16.0 Å². The number of carbonyl (C=O) groups excluding carboxylic acids is 2. The number of aromatic nitrogens is 2. The number of rotatable bonds is 3. The second-order valence-corrected chi connectivity index (χ2v) is 5.75. The van der Waals surface area contributed by atoms with E-state index in [1.807, 2.05) is 18.7 Å². The predicted octanol–water partition coefficient (Wildman–Crippen LogP) is 0.704. The summed E-state index contributed by atoms with van der Waals surface area (Å²) in [4.78, 5) is 35.0. The Hall–Kier alpha value is -2.05. The first kappa shape index (κ1) is 13.9. The minimum atomic E-state index is -0.356. The lowest BCUT2D eigenvalue weighted by Crippen LogP contribution is -2.62. The predicted molar refractivity (Wildman–Crippen MR) is 74.7 cm³/mol. The monoisotopic (exact) mass is 292 g/mol. The Morgan fingerprint density at radius 3 is 3.00 bits per heavy atom. The largest absolute Gasteiger partial charge is 0.447 e. The molecule has 2 amide bonds. The Kier molecular flexibility index (Phi) is 3.35. The van der Waals surface area contributed by atoms with Gasteiger partial charge in [0.15, 0.2) is 0 Å². The molecule has 0 bridgehead atoms. The second kappa shape index (κ2) is 5.05. The van der Waals surface area contributed by atoms with Gasteiger partial charge in [-0.15, -0.1) is 0 Å². The molecule has 7 heteroatoms. The van der Waals surface area contributed by atoms with E-state index >= 15 is 0 Å². The highest BCUT2D eigenvalue weighted by Crippen LogP contribution is 2.31. The van der Waals surface area contributed by atoms with Gasteiger partial charge in [0.1, 0.15) is 6.61 Å². The van der Waals surface area contributed by atoms with Gasteiger partial charge in [0.2, 0.25) is 5.91 Å². The average Bonchev–Trinajstić information content (AvgIpc) is 3.04. The van der Waals surface area contributed by atoms with E-state index < -0.39 is 0 Å². The number of nitrogens with zero attached hydrogens (tertiary/aromatic N) is 3. The van der Waals surface area contributed by atoms with E-state index in [4.69, 9.17) is 4.74 Å². The third-order valence-corrected chi connectivity index (χ3v) is 4.60. The van der Waals surface area contributed by atoms with Crippen molar-refractivity contribution in [2.75, 3.05) is 26.2 Å². The molecule has 7 nitrogen and oxygen atoms in total. The topological polar surface area (TPSA) is 78.5 Å². The molecule has 0 aliphatic carbocycles. The Morgan fingerprint density at radius 1 is 1.52 bits per heavy atom. The summed E-state index contributed by atoms with van der Waals surface area (Å²) in [6.07, 6.45) is 2.42. The maximum absolute atomic E-state index is 12.5. The molecule has 21 heavy (non-hydrogen) atoms. The van der Waals surface area contributed by atoms with Gasteiger partial charge in [0.05, 0.1) is 24.0 Å². The van der Waals surface area contributed by atoms with Crippen molar-refractivity contribution in [3.8, 4) is 0 Å². The molecule has 2 saturated heterocycles. The number of fused-ring (bicyclic) bond motifs is 1. The molecule has 2 aliphatic heterocycles. The van der Waals surface area contributed by atoms with Crippen molar-refractivity contribution in [2.24, 2.45) is 0 Å². The number of aryl methyl sites for hydroxylation is 1. The summed E-state index contributed by atoms with van der Waals surface area (Å²) < 4.78 is 5.18. The molecule has 2 aliphatic rings. The molecule has 1 aromatic heterocycles. The third kappa shape index (κ3) is 2.26. The van der Waals surface area contributed by atoms with Gasteiger partial charge in [0.25, 0.3) is 0 Å². The van der Waals surface area contributed by atoms with Gasteiger partial charge in [-0.1, -0.05) is 6.92 Å². The summed E-state index contributed by atoms with van der Waals surface area (Å²) in [7, 11) is 0. The van der Waals surface area contributed by atoms with Crippen LogP contribution < -0.4 is 0 Å². The van der Waals surface area contributed by atoms with Crippen LogP contribution in [0.4, 0.5) is 4.79 Å². The normalized spacial score (nSPS) is 25.0. The summed E-state index contributed by atoms with van der Waals surface area (Å²) in [5.74, 6) is 0.0528. The molecule has 1 unspecified atom stereocenters. The van der Waals surface area contributed by atoms with Crippen molar-refractivity contribution in [3.05, 3.63) is 17.7 Å². The molecule has 0 spiro atoms. The van der Waals surface area contributed by atoms with E-state index in [0.717, 1.165) is 17.8 Å². The number of nitrogens with one attached hydrogen (secondary N) is 1. The van der Waals surface area contributed by atoms with Gasteiger partial charge in [0, 0.05) is 25.3 Å². The van der Waals surface area contributed by atoms with E-state index in [-0.39, 0.29) is 17.5 Å². The fourth-order valence-corrected chi connectivity index (χ4v) is 3.10. The van der Waals surface area contributed by atoms with Crippen molar-refractivity contribution < 1.29 is 14.3 Å². The minimum Gasteiger partial charge on any atom is -0.447 e. The SMILES string of the molecule is CCC12COC(=O)N1CCN(C(=O)Cc1nc[nH]c1C)C2. The molecular formula is C14H20N4O3. The molecule has 1 N–H and O–H groups in total. The molecule has 0 aromatic carbocycles. The molecule has 0 radical (unpaired) electrons. The number of hydrogen-bond donors (Lipinski definition) is 1. The van der Waals surface area contributed by atoms with Crippen molar-refractivity contribution in [1.29, 1.82) is 0 Å². The highest BCUT2D eigenvalue weighted by Gasteiger charge is 2.50. The van der Waals surface area contributed by atoms with Crippen LogP contribution in [0.1, 0.15) is 24.7 Å². The van der Waals surface area contributed by atoms with Crippen LogP contribution in [0.5, 0.6) is 0 Å². The van der Waals surface area contributed by atoms with Gasteiger partial charge in [-0.25, -0.2) is 9.78 Å². The highest BCUT2D eigenvalue weighted by molar-refractivity contribution is 5.79. The molecule has 2 fully saturated rings. The molecule has 114 valence electrons. The summed E-state index contributed by atoms with van der Waals surface area (Å²) in [5.41, 5.74) is 1.35. The number of hydrogen-bond acceptors (Lipinski definition) is 4. The third-order valence-electron chi connectivity index (χ3n) is 4.60. The molecule has 3 rings (SSSR count). The summed E-state index contributed by atoms with van der Waals surface area (Å²) >= 11 is 0. The molecule has 1 aromatic rings. The average molecular weight is 292 g/mol. The summed E-state index contributed by atoms with van der Waals surface area (Å²) in [6.45, 7) is 5.94. The Morgan fingerprint density at radius 2 is 2.33 bits per heavy atom. The van der Waals surface area contributed by atoms with Crippen LogP contribution >= 0.6 is 0 Å². The molecule has 3 heterocycles. The standard InChI is InChI=1S/C14H20N4O3/c1-3-14-7-17(4-5-18(14)13(20)21-8-14)12(19)6-11-10(2)15-9-16-11/h9H,3-8H2,1-2H3,(H,15,16). The number of H-pyrrole nitrogens is 1. The van der Waals surface area contributed by atoms with Crippen LogP contribution in [0.25, 0.3) is 0 Å². The van der Waals surface area contributed by atoms with Crippen LogP contribution in [-0.4, -0.2) is 63.5 Å². The van der Waals surface area contributed by atoms with E-state index in [0.29, 0.717) is 32.7 Å². The number of carbonyl (C=O) groups is 2. The summed E-state index contributed by atoms with van der Waals surface area (Å²) in [6, 6.07) is 0. The first-order valence-corrected chi connectivity index (χ1v) is 7.27. The lowest BCUT2D eigenvalue weighted by molar-refractivity contribution is -0.134. The number of aromatic amines is 1. The number of imidazole rings is 1. The smallest absolute Gasteiger partial charge is 0.410 e. The van der Waals surface area contributed by atoms with E-state index in [1.54, 1.807) is 11.2 Å². The van der Waals surface area contributed by atoms with E-state index in [1.165, 1.54) is 0 Å². The fourth-order valence-electron chi connectivity index (χ4n) is 3.10. The number of cyclic esters (lactones) is 1. The van der Waals surface area contributed by atoms with Crippen LogP contribution in [0.2, 0.25) is 0 Å². The van der Waals surface area contributed by atoms with E-state index in [2.05, 4.69) is 9.97 Å². The van der Waals surface area contributed by atoms with Crippen molar-refractivity contribution in [1.82, 2.24) is 19.8 Å². The lowest BCUT2D eigenvalue weighted by atomic mass is 9.92.